The Labute approximate surface area is 124 Å². The van der Waals surface area contributed by atoms with Gasteiger partial charge < -0.3 is 5.32 Å². The number of hydrogen-bond acceptors (Lipinski definition) is 3. The Hall–Kier alpha value is -0.130. The van der Waals surface area contributed by atoms with Crippen molar-refractivity contribution in [1.82, 2.24) is 10.0 Å². The zero-order valence-electron chi connectivity index (χ0n) is 12.7. The summed E-state index contributed by atoms with van der Waals surface area (Å²) in [5, 5.41) is 3.61. The number of sulfonamides is 1. The Morgan fingerprint density at radius 3 is 2.25 bits per heavy atom. The summed E-state index contributed by atoms with van der Waals surface area (Å²) in [6.07, 6.45) is 13.6. The second-order valence-corrected chi connectivity index (χ2v) is 8.41. The maximum Gasteiger partial charge on any atom is 0.208 e. The van der Waals surface area contributed by atoms with E-state index in [1.54, 1.807) is 0 Å². The third-order valence-corrected chi connectivity index (χ3v) is 5.70. The quantitative estimate of drug-likeness (QED) is 0.740. The molecule has 0 aromatic carbocycles. The summed E-state index contributed by atoms with van der Waals surface area (Å²) >= 11 is 0. The Morgan fingerprint density at radius 1 is 0.900 bits per heavy atom. The van der Waals surface area contributed by atoms with Crippen LogP contribution in [0.2, 0.25) is 0 Å². The van der Waals surface area contributed by atoms with E-state index in [4.69, 9.17) is 0 Å². The fraction of sp³-hybridized carbons (Fsp3) is 1.00. The van der Waals surface area contributed by atoms with Crippen molar-refractivity contribution in [3.8, 4) is 0 Å². The molecule has 0 bridgehead atoms. The predicted molar refractivity (Wildman–Crippen MR) is 83.2 cm³/mol. The first-order valence-electron chi connectivity index (χ1n) is 8.24. The Morgan fingerprint density at radius 2 is 1.55 bits per heavy atom. The highest BCUT2D eigenvalue weighted by atomic mass is 32.2. The fourth-order valence-electron chi connectivity index (χ4n) is 4.03. The van der Waals surface area contributed by atoms with Gasteiger partial charge in [-0.1, -0.05) is 44.9 Å². The summed E-state index contributed by atoms with van der Waals surface area (Å²) in [7, 11) is -3.05. The van der Waals surface area contributed by atoms with Crippen molar-refractivity contribution in [2.45, 2.75) is 63.8 Å². The second kappa shape index (κ2) is 7.76. The molecule has 0 aromatic heterocycles. The van der Waals surface area contributed by atoms with Crippen molar-refractivity contribution in [3.05, 3.63) is 0 Å². The highest BCUT2D eigenvalue weighted by molar-refractivity contribution is 7.88. The maximum atomic E-state index is 11.1. The smallest absolute Gasteiger partial charge is 0.208 e. The van der Waals surface area contributed by atoms with Gasteiger partial charge in [-0.15, -0.1) is 0 Å². The van der Waals surface area contributed by atoms with Gasteiger partial charge in [0.2, 0.25) is 10.0 Å². The molecule has 0 aliphatic heterocycles. The van der Waals surface area contributed by atoms with E-state index < -0.39 is 10.0 Å². The molecule has 118 valence electrons. The molecule has 2 aliphatic rings. The fourth-order valence-corrected chi connectivity index (χ4v) is 4.51. The molecule has 20 heavy (non-hydrogen) atoms. The van der Waals surface area contributed by atoms with Crippen LogP contribution in [-0.2, 0) is 10.0 Å². The van der Waals surface area contributed by atoms with Crippen molar-refractivity contribution in [1.29, 1.82) is 0 Å². The SMILES string of the molecule is CS(=O)(=O)NCCNC1CCCCC1C1CCCCC1. The first kappa shape index (κ1) is 16.2. The third kappa shape index (κ3) is 5.34. The highest BCUT2D eigenvalue weighted by Crippen LogP contribution is 2.38. The van der Waals surface area contributed by atoms with Crippen LogP contribution in [0.15, 0.2) is 0 Å². The van der Waals surface area contributed by atoms with Gasteiger partial charge in [-0.2, -0.15) is 0 Å². The van der Waals surface area contributed by atoms with Crippen LogP contribution in [0.5, 0.6) is 0 Å². The van der Waals surface area contributed by atoms with E-state index in [1.165, 1.54) is 64.0 Å². The minimum Gasteiger partial charge on any atom is -0.312 e. The highest BCUT2D eigenvalue weighted by Gasteiger charge is 2.31. The molecule has 2 N–H and O–H groups in total. The maximum absolute atomic E-state index is 11.1. The molecule has 2 atom stereocenters. The molecule has 0 spiro atoms. The van der Waals surface area contributed by atoms with Gasteiger partial charge in [0, 0.05) is 19.1 Å². The lowest BCUT2D eigenvalue weighted by Crippen LogP contribution is -2.45. The lowest BCUT2D eigenvalue weighted by Gasteiger charge is -2.39. The monoisotopic (exact) mass is 302 g/mol. The van der Waals surface area contributed by atoms with E-state index in [0.717, 1.165) is 18.4 Å². The molecule has 0 aromatic rings. The molecule has 0 radical (unpaired) electrons. The first-order chi connectivity index (χ1) is 9.56. The lowest BCUT2D eigenvalue weighted by molar-refractivity contribution is 0.151. The molecular weight excluding hydrogens is 272 g/mol. The standard InChI is InChI=1S/C15H30N2O2S/c1-20(18,19)17-12-11-16-15-10-6-5-9-14(15)13-7-3-2-4-8-13/h13-17H,2-12H2,1H3. The molecule has 5 heteroatoms. The lowest BCUT2D eigenvalue weighted by atomic mass is 9.71. The molecule has 0 amide bonds. The zero-order chi connectivity index (χ0) is 14.4. The van der Waals surface area contributed by atoms with E-state index in [1.807, 2.05) is 0 Å². The summed E-state index contributed by atoms with van der Waals surface area (Å²) < 4.78 is 24.7. The molecule has 4 nitrogen and oxygen atoms in total. The molecular formula is C15H30N2O2S. The van der Waals surface area contributed by atoms with Crippen molar-refractivity contribution in [2.75, 3.05) is 19.3 Å². The summed E-state index contributed by atoms with van der Waals surface area (Å²) in [6, 6.07) is 0.605. The van der Waals surface area contributed by atoms with Crippen LogP contribution in [0.1, 0.15) is 57.8 Å². The predicted octanol–water partition coefficient (Wildman–Crippen LogP) is 2.26. The van der Waals surface area contributed by atoms with E-state index in [0.29, 0.717) is 12.6 Å². The average Bonchev–Trinajstić information content (AvgIpc) is 2.44. The Bertz CT molecular complexity index is 377. The second-order valence-electron chi connectivity index (χ2n) is 6.57. The normalized spacial score (nSPS) is 29.4. The van der Waals surface area contributed by atoms with Gasteiger partial charge in [-0.3, -0.25) is 0 Å². The molecule has 0 heterocycles. The Kier molecular flexibility index (Phi) is 6.30. The van der Waals surface area contributed by atoms with Gasteiger partial charge >= 0.3 is 0 Å². The van der Waals surface area contributed by atoms with Crippen LogP contribution < -0.4 is 10.0 Å². The number of nitrogens with one attached hydrogen (secondary N) is 2. The van der Waals surface area contributed by atoms with E-state index in [9.17, 15) is 8.42 Å². The van der Waals surface area contributed by atoms with Crippen LogP contribution >= 0.6 is 0 Å². The van der Waals surface area contributed by atoms with Crippen LogP contribution in [0.3, 0.4) is 0 Å². The molecule has 2 rings (SSSR count). The van der Waals surface area contributed by atoms with E-state index in [2.05, 4.69) is 10.0 Å². The molecule has 2 aliphatic carbocycles. The van der Waals surface area contributed by atoms with E-state index >= 15 is 0 Å². The number of hydrogen-bond donors (Lipinski definition) is 2. The van der Waals surface area contributed by atoms with Crippen LogP contribution in [0.25, 0.3) is 0 Å². The summed E-state index contributed by atoms with van der Waals surface area (Å²) in [5.41, 5.74) is 0. The molecule has 2 fully saturated rings. The van der Waals surface area contributed by atoms with Gasteiger partial charge in [0.15, 0.2) is 0 Å². The number of rotatable bonds is 6. The average molecular weight is 302 g/mol. The molecule has 2 saturated carbocycles. The van der Waals surface area contributed by atoms with E-state index in [-0.39, 0.29) is 0 Å². The molecule has 0 saturated heterocycles. The van der Waals surface area contributed by atoms with Gasteiger partial charge in [0.1, 0.15) is 0 Å². The largest absolute Gasteiger partial charge is 0.312 e. The summed E-state index contributed by atoms with van der Waals surface area (Å²) in [5.74, 6) is 1.73. The summed E-state index contributed by atoms with van der Waals surface area (Å²) in [6.45, 7) is 1.26. The van der Waals surface area contributed by atoms with Crippen molar-refractivity contribution >= 4 is 10.0 Å². The summed E-state index contributed by atoms with van der Waals surface area (Å²) in [4.78, 5) is 0. The van der Waals surface area contributed by atoms with Crippen molar-refractivity contribution in [2.24, 2.45) is 11.8 Å². The van der Waals surface area contributed by atoms with Crippen LogP contribution in [0.4, 0.5) is 0 Å². The van der Waals surface area contributed by atoms with Crippen LogP contribution in [0, 0.1) is 11.8 Å². The minimum absolute atomic E-state index is 0.507. The first-order valence-corrected chi connectivity index (χ1v) is 10.1. The zero-order valence-corrected chi connectivity index (χ0v) is 13.6. The van der Waals surface area contributed by atoms with Gasteiger partial charge in [-0.25, -0.2) is 13.1 Å². The van der Waals surface area contributed by atoms with Crippen molar-refractivity contribution in [3.63, 3.8) is 0 Å². The van der Waals surface area contributed by atoms with Crippen LogP contribution in [-0.4, -0.2) is 33.8 Å². The molecule has 2 unspecified atom stereocenters. The topological polar surface area (TPSA) is 58.2 Å². The van der Waals surface area contributed by atoms with Gasteiger partial charge in [0.05, 0.1) is 6.26 Å². The van der Waals surface area contributed by atoms with Crippen molar-refractivity contribution < 1.29 is 8.42 Å². The minimum atomic E-state index is -3.05. The van der Waals surface area contributed by atoms with Gasteiger partial charge in [0.25, 0.3) is 0 Å². The van der Waals surface area contributed by atoms with Gasteiger partial charge in [-0.05, 0) is 24.7 Å². The third-order valence-electron chi connectivity index (χ3n) is 4.97. The Balaban J connectivity index is 1.77.